The van der Waals surface area contributed by atoms with Gasteiger partial charge < -0.3 is 20.3 Å². The van der Waals surface area contributed by atoms with Crippen molar-refractivity contribution in [3.05, 3.63) is 35.5 Å². The molecule has 4 rings (SSSR count). The van der Waals surface area contributed by atoms with E-state index in [9.17, 15) is 28.0 Å². The van der Waals surface area contributed by atoms with Gasteiger partial charge in [0.2, 0.25) is 11.8 Å². The SMILES string of the molecule is N#CC1CSCN1C(=O)Cc1cc(C(N)=O)c2cc(N3CCO[C@@H](C(F)(F)F)C3)ccc2n1. The molecular weight excluding hydrogens is 459 g/mol. The lowest BCUT2D eigenvalue weighted by Gasteiger charge is -2.35. The van der Waals surface area contributed by atoms with E-state index in [0.29, 0.717) is 33.9 Å². The number of carbonyl (C=O) groups excluding carboxylic acids is 2. The number of ether oxygens (including phenoxy) is 1. The van der Waals surface area contributed by atoms with Crippen LogP contribution < -0.4 is 10.6 Å². The maximum Gasteiger partial charge on any atom is 0.416 e. The summed E-state index contributed by atoms with van der Waals surface area (Å²) in [6, 6.07) is 7.80. The van der Waals surface area contributed by atoms with Gasteiger partial charge in [0.15, 0.2) is 6.10 Å². The number of amides is 2. The number of nitriles is 1. The molecule has 1 aromatic heterocycles. The summed E-state index contributed by atoms with van der Waals surface area (Å²) < 4.78 is 44.1. The average Bonchev–Trinajstić information content (AvgIpc) is 3.27. The molecule has 2 saturated heterocycles. The van der Waals surface area contributed by atoms with Gasteiger partial charge in [0.05, 0.1) is 48.3 Å². The van der Waals surface area contributed by atoms with Crippen LogP contribution >= 0.6 is 11.8 Å². The molecule has 8 nitrogen and oxygen atoms in total. The number of aromatic nitrogens is 1. The number of pyridine rings is 1. The number of rotatable bonds is 4. The Bertz CT molecular complexity index is 1140. The number of carbonyl (C=O) groups is 2. The monoisotopic (exact) mass is 479 g/mol. The van der Waals surface area contributed by atoms with E-state index in [1.807, 2.05) is 0 Å². The molecule has 2 fully saturated rings. The van der Waals surface area contributed by atoms with Crippen LogP contribution in [0.4, 0.5) is 18.9 Å². The quantitative estimate of drug-likeness (QED) is 0.714. The molecule has 2 aliphatic heterocycles. The molecular formula is C21H20F3N5O3S. The van der Waals surface area contributed by atoms with Crippen LogP contribution in [-0.4, -0.2) is 71.3 Å². The fraction of sp³-hybridized carbons (Fsp3) is 0.429. The number of nitrogens with two attached hydrogens (primary N) is 1. The number of morpholine rings is 1. The molecule has 3 heterocycles. The summed E-state index contributed by atoms with van der Waals surface area (Å²) in [4.78, 5) is 32.3. The minimum absolute atomic E-state index is 0.0807. The molecule has 33 heavy (non-hydrogen) atoms. The summed E-state index contributed by atoms with van der Waals surface area (Å²) in [6.45, 7) is -0.185. The van der Waals surface area contributed by atoms with Crippen LogP contribution in [0.5, 0.6) is 0 Å². The van der Waals surface area contributed by atoms with Gasteiger partial charge in [0, 0.05) is 23.4 Å². The number of thioether (sulfide) groups is 1. The van der Waals surface area contributed by atoms with E-state index in [-0.39, 0.29) is 37.6 Å². The smallest absolute Gasteiger partial charge is 0.366 e. The second kappa shape index (κ2) is 9.07. The Morgan fingerprint density at radius 3 is 2.82 bits per heavy atom. The zero-order valence-corrected chi connectivity index (χ0v) is 18.2. The predicted octanol–water partition coefficient (Wildman–Crippen LogP) is 2.07. The molecule has 1 aromatic carbocycles. The van der Waals surface area contributed by atoms with Crippen molar-refractivity contribution in [2.75, 3.05) is 36.2 Å². The average molecular weight is 479 g/mol. The minimum Gasteiger partial charge on any atom is -0.366 e. The Kier molecular flexibility index (Phi) is 6.36. The second-order valence-corrected chi connectivity index (χ2v) is 8.76. The highest BCUT2D eigenvalue weighted by atomic mass is 32.2. The third kappa shape index (κ3) is 4.84. The highest BCUT2D eigenvalue weighted by Crippen LogP contribution is 2.30. The number of benzene rings is 1. The van der Waals surface area contributed by atoms with E-state index in [2.05, 4.69) is 11.1 Å². The lowest BCUT2D eigenvalue weighted by molar-refractivity contribution is -0.221. The molecule has 2 atom stereocenters. The maximum absolute atomic E-state index is 13.1. The number of fused-ring (bicyclic) bond motifs is 1. The normalized spacial score (nSPS) is 21.3. The van der Waals surface area contributed by atoms with Crippen LogP contribution in [-0.2, 0) is 16.0 Å². The van der Waals surface area contributed by atoms with Gasteiger partial charge in [-0.15, -0.1) is 11.8 Å². The first kappa shape index (κ1) is 23.1. The molecule has 0 saturated carbocycles. The Morgan fingerprint density at radius 1 is 1.33 bits per heavy atom. The van der Waals surface area contributed by atoms with Gasteiger partial charge in [-0.05, 0) is 24.3 Å². The number of hydrogen-bond acceptors (Lipinski definition) is 7. The highest BCUT2D eigenvalue weighted by molar-refractivity contribution is 7.99. The van der Waals surface area contributed by atoms with Crippen LogP contribution in [0.25, 0.3) is 10.9 Å². The maximum atomic E-state index is 13.1. The molecule has 2 amide bonds. The number of alkyl halides is 3. The fourth-order valence-electron chi connectivity index (χ4n) is 3.89. The van der Waals surface area contributed by atoms with Gasteiger partial charge in [0.25, 0.3) is 0 Å². The van der Waals surface area contributed by atoms with Crippen molar-refractivity contribution < 1.29 is 27.5 Å². The van der Waals surface area contributed by atoms with Crippen LogP contribution in [0.15, 0.2) is 24.3 Å². The van der Waals surface area contributed by atoms with E-state index < -0.39 is 24.2 Å². The summed E-state index contributed by atoms with van der Waals surface area (Å²) in [6.07, 6.45) is -6.48. The van der Waals surface area contributed by atoms with Crippen LogP contribution in [0, 0.1) is 11.3 Å². The second-order valence-electron chi connectivity index (χ2n) is 7.76. The zero-order chi connectivity index (χ0) is 23.8. The van der Waals surface area contributed by atoms with Gasteiger partial charge in [-0.2, -0.15) is 18.4 Å². The molecule has 1 unspecified atom stereocenters. The first-order valence-corrected chi connectivity index (χ1v) is 11.3. The van der Waals surface area contributed by atoms with Crippen molar-refractivity contribution in [3.8, 4) is 6.07 Å². The number of nitrogens with zero attached hydrogens (tertiary/aromatic N) is 4. The molecule has 174 valence electrons. The third-order valence-corrected chi connectivity index (χ3v) is 6.60. The zero-order valence-electron chi connectivity index (χ0n) is 17.3. The first-order valence-electron chi connectivity index (χ1n) is 10.1. The first-order chi connectivity index (χ1) is 15.7. The van der Waals surface area contributed by atoms with Gasteiger partial charge in [0.1, 0.15) is 6.04 Å². The molecule has 0 radical (unpaired) electrons. The molecule has 2 N–H and O–H groups in total. The third-order valence-electron chi connectivity index (χ3n) is 5.59. The van der Waals surface area contributed by atoms with Crippen LogP contribution in [0.3, 0.4) is 0 Å². The number of anilines is 1. The molecule has 2 aromatic rings. The summed E-state index contributed by atoms with van der Waals surface area (Å²) >= 11 is 1.49. The van der Waals surface area contributed by atoms with Crippen LogP contribution in [0.1, 0.15) is 16.1 Å². The van der Waals surface area contributed by atoms with E-state index in [1.165, 1.54) is 27.6 Å². The largest absolute Gasteiger partial charge is 0.416 e. The number of primary amides is 1. The predicted molar refractivity (Wildman–Crippen MR) is 116 cm³/mol. The van der Waals surface area contributed by atoms with Gasteiger partial charge >= 0.3 is 6.18 Å². The minimum atomic E-state index is -4.48. The van der Waals surface area contributed by atoms with Gasteiger partial charge in [-0.25, -0.2) is 0 Å². The van der Waals surface area contributed by atoms with Crippen molar-refractivity contribution in [2.45, 2.75) is 24.7 Å². The van der Waals surface area contributed by atoms with E-state index in [0.717, 1.165) is 0 Å². The highest BCUT2D eigenvalue weighted by Gasteiger charge is 2.43. The summed E-state index contributed by atoms with van der Waals surface area (Å²) in [5.74, 6) is -0.0684. The number of halogens is 3. The van der Waals surface area contributed by atoms with Crippen molar-refractivity contribution in [2.24, 2.45) is 5.73 Å². The number of hydrogen-bond donors (Lipinski definition) is 1. The molecule has 12 heteroatoms. The Balaban J connectivity index is 1.63. The molecule has 0 aliphatic carbocycles. The Labute approximate surface area is 191 Å². The Morgan fingerprint density at radius 2 is 2.12 bits per heavy atom. The van der Waals surface area contributed by atoms with Crippen molar-refractivity contribution in [1.29, 1.82) is 5.26 Å². The summed E-state index contributed by atoms with van der Waals surface area (Å²) in [5.41, 5.74) is 6.89. The standard InChI is InChI=1S/C21H20F3N5O3S/c22-21(23,24)18-9-28(3-4-32-18)13-1-2-17-15(7-13)16(20(26)31)5-12(27-17)6-19(30)29-11-33-10-14(29)8-25/h1-2,5,7,14,18H,3-4,6,9-11H2,(H2,26,31)/t14?,18-/m1/s1. The summed E-state index contributed by atoms with van der Waals surface area (Å²) in [5, 5.41) is 9.58. The fourth-order valence-corrected chi connectivity index (χ4v) is 5.00. The lowest BCUT2D eigenvalue weighted by Crippen LogP contribution is -2.49. The van der Waals surface area contributed by atoms with E-state index in [4.69, 9.17) is 10.5 Å². The molecule has 2 aliphatic rings. The van der Waals surface area contributed by atoms with Gasteiger partial charge in [-0.1, -0.05) is 0 Å². The summed E-state index contributed by atoms with van der Waals surface area (Å²) in [7, 11) is 0. The van der Waals surface area contributed by atoms with Crippen molar-refractivity contribution >= 4 is 40.2 Å². The van der Waals surface area contributed by atoms with E-state index in [1.54, 1.807) is 18.2 Å². The van der Waals surface area contributed by atoms with Crippen molar-refractivity contribution in [1.82, 2.24) is 9.88 Å². The molecule has 0 spiro atoms. The molecule has 0 bridgehead atoms. The lowest BCUT2D eigenvalue weighted by atomic mass is 10.0. The topological polar surface area (TPSA) is 113 Å². The van der Waals surface area contributed by atoms with Crippen molar-refractivity contribution in [3.63, 3.8) is 0 Å². The van der Waals surface area contributed by atoms with Gasteiger partial charge in [-0.3, -0.25) is 14.6 Å². The van der Waals surface area contributed by atoms with Crippen LogP contribution in [0.2, 0.25) is 0 Å². The van der Waals surface area contributed by atoms with E-state index >= 15 is 0 Å². The Hall–Kier alpha value is -3.04.